The first-order valence-corrected chi connectivity index (χ1v) is 6.14. The fourth-order valence-electron chi connectivity index (χ4n) is 1.68. The summed E-state index contributed by atoms with van der Waals surface area (Å²) < 4.78 is 12.3. The SMILES string of the molecule is Brc1cccc(OC[C@@H]2CCCCO2)c1. The fraction of sp³-hybridized carbons (Fsp3) is 0.500. The molecule has 1 fully saturated rings. The lowest BCUT2D eigenvalue weighted by Crippen LogP contribution is -2.25. The molecule has 1 atom stereocenters. The van der Waals surface area contributed by atoms with Crippen LogP contribution in [0.15, 0.2) is 28.7 Å². The summed E-state index contributed by atoms with van der Waals surface area (Å²) in [7, 11) is 0. The Kier molecular flexibility index (Phi) is 4.03. The van der Waals surface area contributed by atoms with Crippen molar-refractivity contribution in [3.63, 3.8) is 0 Å². The van der Waals surface area contributed by atoms with Gasteiger partial charge in [0.2, 0.25) is 0 Å². The van der Waals surface area contributed by atoms with Crippen LogP contribution >= 0.6 is 15.9 Å². The molecule has 1 aromatic rings. The maximum atomic E-state index is 5.67. The van der Waals surface area contributed by atoms with E-state index >= 15 is 0 Å². The minimum absolute atomic E-state index is 0.276. The Hall–Kier alpha value is -0.540. The molecule has 82 valence electrons. The molecular weight excluding hydrogens is 256 g/mol. The Labute approximate surface area is 98.7 Å². The van der Waals surface area contributed by atoms with Gasteiger partial charge in [-0.05, 0) is 37.5 Å². The molecule has 0 aromatic heterocycles. The normalized spacial score (nSPS) is 21.3. The average molecular weight is 271 g/mol. The summed E-state index contributed by atoms with van der Waals surface area (Å²) in [5.41, 5.74) is 0. The molecule has 1 saturated heterocycles. The second-order valence-electron chi connectivity index (χ2n) is 3.76. The van der Waals surface area contributed by atoms with Crippen LogP contribution in [0.25, 0.3) is 0 Å². The molecule has 1 aliphatic rings. The van der Waals surface area contributed by atoms with Gasteiger partial charge in [0.25, 0.3) is 0 Å². The molecule has 0 N–H and O–H groups in total. The van der Waals surface area contributed by atoms with Crippen molar-refractivity contribution in [2.45, 2.75) is 25.4 Å². The molecule has 0 bridgehead atoms. The van der Waals surface area contributed by atoms with Crippen molar-refractivity contribution < 1.29 is 9.47 Å². The van der Waals surface area contributed by atoms with Crippen LogP contribution in [-0.2, 0) is 4.74 Å². The van der Waals surface area contributed by atoms with E-state index in [-0.39, 0.29) is 6.10 Å². The Morgan fingerprint density at radius 3 is 3.07 bits per heavy atom. The van der Waals surface area contributed by atoms with Crippen molar-refractivity contribution >= 4 is 15.9 Å². The molecule has 2 rings (SSSR count). The minimum atomic E-state index is 0.276. The summed E-state index contributed by atoms with van der Waals surface area (Å²) in [6.07, 6.45) is 3.84. The van der Waals surface area contributed by atoms with Gasteiger partial charge in [0, 0.05) is 11.1 Å². The number of rotatable bonds is 3. The molecule has 0 unspecified atom stereocenters. The predicted molar refractivity (Wildman–Crippen MR) is 63.2 cm³/mol. The van der Waals surface area contributed by atoms with Gasteiger partial charge in [-0.1, -0.05) is 22.0 Å². The number of ether oxygens (including phenoxy) is 2. The molecule has 2 nitrogen and oxygen atoms in total. The Bertz CT molecular complexity index is 308. The van der Waals surface area contributed by atoms with Crippen LogP contribution in [-0.4, -0.2) is 19.3 Å². The van der Waals surface area contributed by atoms with E-state index in [1.165, 1.54) is 12.8 Å². The van der Waals surface area contributed by atoms with E-state index in [1.807, 2.05) is 24.3 Å². The van der Waals surface area contributed by atoms with Gasteiger partial charge in [0.05, 0.1) is 6.10 Å². The van der Waals surface area contributed by atoms with Crippen LogP contribution in [0.2, 0.25) is 0 Å². The molecule has 3 heteroatoms. The molecule has 0 amide bonds. The summed E-state index contributed by atoms with van der Waals surface area (Å²) >= 11 is 3.42. The predicted octanol–water partition coefficient (Wildman–Crippen LogP) is 3.40. The highest BCUT2D eigenvalue weighted by Crippen LogP contribution is 2.19. The van der Waals surface area contributed by atoms with Gasteiger partial charge in [-0.2, -0.15) is 0 Å². The highest BCUT2D eigenvalue weighted by atomic mass is 79.9. The second-order valence-corrected chi connectivity index (χ2v) is 4.67. The number of benzene rings is 1. The lowest BCUT2D eigenvalue weighted by Gasteiger charge is -2.22. The lowest BCUT2D eigenvalue weighted by molar-refractivity contribution is -0.0110. The smallest absolute Gasteiger partial charge is 0.120 e. The quantitative estimate of drug-likeness (QED) is 0.838. The van der Waals surface area contributed by atoms with Gasteiger partial charge in [-0.3, -0.25) is 0 Å². The van der Waals surface area contributed by atoms with Gasteiger partial charge in [-0.25, -0.2) is 0 Å². The van der Waals surface area contributed by atoms with Crippen LogP contribution in [0.5, 0.6) is 5.75 Å². The monoisotopic (exact) mass is 270 g/mol. The maximum absolute atomic E-state index is 5.67. The number of hydrogen-bond acceptors (Lipinski definition) is 2. The van der Waals surface area contributed by atoms with E-state index in [2.05, 4.69) is 15.9 Å². The molecule has 0 spiro atoms. The van der Waals surface area contributed by atoms with Crippen molar-refractivity contribution in [3.05, 3.63) is 28.7 Å². The zero-order chi connectivity index (χ0) is 10.5. The third-order valence-corrected chi connectivity index (χ3v) is 3.00. The van der Waals surface area contributed by atoms with Gasteiger partial charge in [-0.15, -0.1) is 0 Å². The molecular formula is C12H15BrO2. The van der Waals surface area contributed by atoms with E-state index in [0.29, 0.717) is 6.61 Å². The van der Waals surface area contributed by atoms with Crippen LogP contribution in [0.3, 0.4) is 0 Å². The van der Waals surface area contributed by atoms with Crippen LogP contribution in [0.1, 0.15) is 19.3 Å². The van der Waals surface area contributed by atoms with E-state index in [4.69, 9.17) is 9.47 Å². The standard InChI is InChI=1S/C12H15BrO2/c13-10-4-3-6-11(8-10)15-9-12-5-1-2-7-14-12/h3-4,6,8,12H,1-2,5,7,9H2/t12-/m0/s1. The molecule has 0 saturated carbocycles. The topological polar surface area (TPSA) is 18.5 Å². The Morgan fingerprint density at radius 1 is 1.40 bits per heavy atom. The zero-order valence-electron chi connectivity index (χ0n) is 8.62. The second kappa shape index (κ2) is 5.52. The third kappa shape index (κ3) is 3.50. The van der Waals surface area contributed by atoms with Gasteiger partial charge >= 0.3 is 0 Å². The van der Waals surface area contributed by atoms with Crippen LogP contribution < -0.4 is 4.74 Å². The average Bonchev–Trinajstić information content (AvgIpc) is 2.28. The Balaban J connectivity index is 1.81. The van der Waals surface area contributed by atoms with Gasteiger partial charge < -0.3 is 9.47 Å². The fourth-order valence-corrected chi connectivity index (χ4v) is 2.06. The molecule has 1 aliphatic heterocycles. The summed E-state index contributed by atoms with van der Waals surface area (Å²) in [6, 6.07) is 7.90. The van der Waals surface area contributed by atoms with Crippen molar-refractivity contribution in [1.82, 2.24) is 0 Å². The van der Waals surface area contributed by atoms with E-state index < -0.39 is 0 Å². The summed E-state index contributed by atoms with van der Waals surface area (Å²) in [6.45, 7) is 1.54. The molecule has 1 heterocycles. The summed E-state index contributed by atoms with van der Waals surface area (Å²) in [4.78, 5) is 0. The highest BCUT2D eigenvalue weighted by Gasteiger charge is 2.14. The van der Waals surface area contributed by atoms with Crippen molar-refractivity contribution in [3.8, 4) is 5.75 Å². The first kappa shape index (κ1) is 11.0. The molecule has 0 radical (unpaired) electrons. The third-order valence-electron chi connectivity index (χ3n) is 2.51. The van der Waals surface area contributed by atoms with Crippen LogP contribution in [0, 0.1) is 0 Å². The minimum Gasteiger partial charge on any atom is -0.491 e. The van der Waals surface area contributed by atoms with Gasteiger partial charge in [0.15, 0.2) is 0 Å². The van der Waals surface area contributed by atoms with E-state index in [1.54, 1.807) is 0 Å². The zero-order valence-corrected chi connectivity index (χ0v) is 10.2. The van der Waals surface area contributed by atoms with Crippen molar-refractivity contribution in [2.75, 3.05) is 13.2 Å². The first-order valence-electron chi connectivity index (χ1n) is 5.34. The lowest BCUT2D eigenvalue weighted by atomic mass is 10.1. The van der Waals surface area contributed by atoms with Crippen molar-refractivity contribution in [1.29, 1.82) is 0 Å². The Morgan fingerprint density at radius 2 is 2.33 bits per heavy atom. The summed E-state index contributed by atoms with van der Waals surface area (Å²) in [5.74, 6) is 0.901. The van der Waals surface area contributed by atoms with E-state index in [0.717, 1.165) is 23.2 Å². The van der Waals surface area contributed by atoms with Gasteiger partial charge in [0.1, 0.15) is 12.4 Å². The molecule has 0 aliphatic carbocycles. The van der Waals surface area contributed by atoms with E-state index in [9.17, 15) is 0 Å². The first-order chi connectivity index (χ1) is 7.34. The highest BCUT2D eigenvalue weighted by molar-refractivity contribution is 9.10. The largest absolute Gasteiger partial charge is 0.491 e. The van der Waals surface area contributed by atoms with Crippen LogP contribution in [0.4, 0.5) is 0 Å². The number of halogens is 1. The number of hydrogen-bond donors (Lipinski definition) is 0. The van der Waals surface area contributed by atoms with Crippen molar-refractivity contribution in [2.24, 2.45) is 0 Å². The molecule has 1 aromatic carbocycles. The molecule has 15 heavy (non-hydrogen) atoms. The summed E-state index contributed by atoms with van der Waals surface area (Å²) in [5, 5.41) is 0. The maximum Gasteiger partial charge on any atom is 0.120 e.